The first kappa shape index (κ1) is 8.81. The molecule has 13 heavy (non-hydrogen) atoms. The van der Waals surface area contributed by atoms with Crippen molar-refractivity contribution in [1.29, 1.82) is 0 Å². The summed E-state index contributed by atoms with van der Waals surface area (Å²) in [6.07, 6.45) is 3.38. The van der Waals surface area contributed by atoms with Crippen LogP contribution in [0.25, 0.3) is 0 Å². The van der Waals surface area contributed by atoms with E-state index in [-0.39, 0.29) is 6.03 Å². The van der Waals surface area contributed by atoms with E-state index >= 15 is 0 Å². The van der Waals surface area contributed by atoms with Gasteiger partial charge >= 0.3 is 6.03 Å². The third kappa shape index (κ3) is 2.59. The highest BCUT2D eigenvalue weighted by Crippen LogP contribution is 2.18. The zero-order valence-corrected chi connectivity index (χ0v) is 8.05. The summed E-state index contributed by atoms with van der Waals surface area (Å²) in [5.74, 6) is 0. The maximum absolute atomic E-state index is 11.3. The molecular weight excluding hydrogens is 166 g/mol. The summed E-state index contributed by atoms with van der Waals surface area (Å²) in [6.45, 7) is 2.08. The first-order valence-electron chi connectivity index (χ1n) is 4.99. The lowest BCUT2D eigenvalue weighted by atomic mass is 10.3. The van der Waals surface area contributed by atoms with Gasteiger partial charge in [0.05, 0.1) is 0 Å². The van der Waals surface area contributed by atoms with Crippen LogP contribution in [0.15, 0.2) is 0 Å². The number of likely N-dealkylation sites (N-methyl/N-ethyl adjacent to an activating group) is 1. The van der Waals surface area contributed by atoms with Gasteiger partial charge in [-0.2, -0.15) is 0 Å². The van der Waals surface area contributed by atoms with Gasteiger partial charge in [-0.15, -0.1) is 0 Å². The molecule has 1 atom stereocenters. The lowest BCUT2D eigenvalue weighted by molar-refractivity contribution is 0.236. The Morgan fingerprint density at radius 3 is 2.46 bits per heavy atom. The van der Waals surface area contributed by atoms with Crippen LogP contribution in [0.2, 0.25) is 0 Å². The summed E-state index contributed by atoms with van der Waals surface area (Å²) in [5.41, 5.74) is 0. The second kappa shape index (κ2) is 3.54. The molecule has 1 saturated heterocycles. The van der Waals surface area contributed by atoms with Gasteiger partial charge in [-0.05, 0) is 32.9 Å². The monoisotopic (exact) mass is 183 g/mol. The van der Waals surface area contributed by atoms with Crippen LogP contribution in [0.4, 0.5) is 4.79 Å². The van der Waals surface area contributed by atoms with Gasteiger partial charge in [0, 0.05) is 18.6 Å². The van der Waals surface area contributed by atoms with E-state index in [0.717, 1.165) is 32.4 Å². The molecule has 1 aliphatic carbocycles. The van der Waals surface area contributed by atoms with Gasteiger partial charge in [-0.25, -0.2) is 4.79 Å². The maximum atomic E-state index is 11.3. The van der Waals surface area contributed by atoms with Crippen molar-refractivity contribution < 1.29 is 4.79 Å². The first-order chi connectivity index (χ1) is 6.24. The molecular formula is C9H17N3O. The molecule has 0 aromatic heterocycles. The normalized spacial score (nSPS) is 28.8. The number of urea groups is 1. The van der Waals surface area contributed by atoms with Crippen LogP contribution < -0.4 is 10.6 Å². The van der Waals surface area contributed by atoms with Crippen LogP contribution in [0.5, 0.6) is 0 Å². The van der Waals surface area contributed by atoms with E-state index in [0.29, 0.717) is 12.1 Å². The number of nitrogens with one attached hydrogen (secondary N) is 2. The standard InChI is InChI=1S/C9H17N3O/c1-12-5-4-8(6-12)11-9(13)10-7-2-3-7/h7-8H,2-6H2,1H3,(H2,10,11,13). The summed E-state index contributed by atoms with van der Waals surface area (Å²) in [7, 11) is 2.08. The zero-order chi connectivity index (χ0) is 9.26. The van der Waals surface area contributed by atoms with Crippen LogP contribution >= 0.6 is 0 Å². The van der Waals surface area contributed by atoms with Crippen LogP contribution in [-0.2, 0) is 0 Å². The van der Waals surface area contributed by atoms with Crippen molar-refractivity contribution in [3.63, 3.8) is 0 Å². The van der Waals surface area contributed by atoms with Gasteiger partial charge in [0.1, 0.15) is 0 Å². The van der Waals surface area contributed by atoms with E-state index in [1.165, 1.54) is 0 Å². The lowest BCUT2D eigenvalue weighted by Crippen LogP contribution is -2.43. The Hall–Kier alpha value is -0.770. The Morgan fingerprint density at radius 2 is 1.92 bits per heavy atom. The van der Waals surface area contributed by atoms with Gasteiger partial charge in [0.2, 0.25) is 0 Å². The Bertz CT molecular complexity index is 203. The van der Waals surface area contributed by atoms with E-state index in [9.17, 15) is 4.79 Å². The van der Waals surface area contributed by atoms with E-state index in [1.807, 2.05) is 0 Å². The molecule has 0 radical (unpaired) electrons. The Labute approximate surface area is 78.7 Å². The Balaban J connectivity index is 1.67. The fraction of sp³-hybridized carbons (Fsp3) is 0.889. The Kier molecular flexibility index (Phi) is 2.40. The number of hydrogen-bond acceptors (Lipinski definition) is 2. The van der Waals surface area contributed by atoms with Crippen LogP contribution in [0.3, 0.4) is 0 Å². The van der Waals surface area contributed by atoms with Gasteiger partial charge in [-0.3, -0.25) is 0 Å². The second-order valence-corrected chi connectivity index (χ2v) is 4.14. The summed E-state index contributed by atoms with van der Waals surface area (Å²) >= 11 is 0. The number of hydrogen-bond donors (Lipinski definition) is 2. The fourth-order valence-corrected chi connectivity index (χ4v) is 1.69. The maximum Gasteiger partial charge on any atom is 0.315 e. The van der Waals surface area contributed by atoms with Crippen LogP contribution in [0, 0.1) is 0 Å². The fourth-order valence-electron chi connectivity index (χ4n) is 1.69. The second-order valence-electron chi connectivity index (χ2n) is 4.14. The minimum absolute atomic E-state index is 0.0165. The van der Waals surface area contributed by atoms with E-state index in [4.69, 9.17) is 0 Å². The molecule has 1 aliphatic heterocycles. The van der Waals surface area contributed by atoms with Crippen molar-refractivity contribution in [3.8, 4) is 0 Å². The van der Waals surface area contributed by atoms with Crippen molar-refractivity contribution in [2.45, 2.75) is 31.3 Å². The molecule has 1 heterocycles. The van der Waals surface area contributed by atoms with E-state index < -0.39 is 0 Å². The third-order valence-corrected chi connectivity index (χ3v) is 2.64. The number of nitrogens with zero attached hydrogens (tertiary/aromatic N) is 1. The topological polar surface area (TPSA) is 44.4 Å². The van der Waals surface area contributed by atoms with Gasteiger partial charge in [0.25, 0.3) is 0 Å². The van der Waals surface area contributed by atoms with Gasteiger partial charge in [0.15, 0.2) is 0 Å². The highest BCUT2D eigenvalue weighted by atomic mass is 16.2. The average molecular weight is 183 g/mol. The molecule has 0 aromatic rings. The molecule has 2 aliphatic rings. The van der Waals surface area contributed by atoms with E-state index in [1.54, 1.807) is 0 Å². The van der Waals surface area contributed by atoms with Crippen molar-refractivity contribution >= 4 is 6.03 Å². The molecule has 2 fully saturated rings. The molecule has 4 heteroatoms. The number of amides is 2. The number of carbonyl (C=O) groups is 1. The van der Waals surface area contributed by atoms with Crippen LogP contribution in [-0.4, -0.2) is 43.2 Å². The molecule has 0 spiro atoms. The highest BCUT2D eigenvalue weighted by molar-refractivity contribution is 5.74. The van der Waals surface area contributed by atoms with Crippen LogP contribution in [0.1, 0.15) is 19.3 Å². The summed E-state index contributed by atoms with van der Waals surface area (Å²) in [5, 5.41) is 5.92. The number of carbonyl (C=O) groups excluding carboxylic acids is 1. The highest BCUT2D eigenvalue weighted by Gasteiger charge is 2.26. The van der Waals surface area contributed by atoms with Gasteiger partial charge < -0.3 is 15.5 Å². The average Bonchev–Trinajstić information content (AvgIpc) is 2.76. The number of rotatable bonds is 2. The summed E-state index contributed by atoms with van der Waals surface area (Å²) < 4.78 is 0. The zero-order valence-electron chi connectivity index (χ0n) is 8.05. The minimum atomic E-state index is 0.0165. The number of likely N-dealkylation sites (tertiary alicyclic amines) is 1. The quantitative estimate of drug-likeness (QED) is 0.640. The smallest absolute Gasteiger partial charge is 0.315 e. The predicted octanol–water partition coefficient (Wildman–Crippen LogP) is 0.152. The molecule has 0 bridgehead atoms. The Morgan fingerprint density at radius 1 is 1.23 bits per heavy atom. The molecule has 1 saturated carbocycles. The largest absolute Gasteiger partial charge is 0.335 e. The minimum Gasteiger partial charge on any atom is -0.335 e. The lowest BCUT2D eigenvalue weighted by Gasteiger charge is -2.13. The predicted molar refractivity (Wildman–Crippen MR) is 50.6 cm³/mol. The molecule has 2 N–H and O–H groups in total. The van der Waals surface area contributed by atoms with Gasteiger partial charge in [-0.1, -0.05) is 0 Å². The molecule has 2 rings (SSSR count). The summed E-state index contributed by atoms with van der Waals surface area (Å²) in [6, 6.07) is 0.825. The summed E-state index contributed by atoms with van der Waals surface area (Å²) in [4.78, 5) is 13.6. The van der Waals surface area contributed by atoms with Crippen molar-refractivity contribution in [1.82, 2.24) is 15.5 Å². The first-order valence-corrected chi connectivity index (χ1v) is 4.99. The molecule has 2 amide bonds. The molecule has 74 valence electrons. The molecule has 0 aromatic carbocycles. The molecule has 4 nitrogen and oxygen atoms in total. The van der Waals surface area contributed by atoms with Crippen molar-refractivity contribution in [3.05, 3.63) is 0 Å². The SMILES string of the molecule is CN1CCC(NC(=O)NC2CC2)C1. The third-order valence-electron chi connectivity index (χ3n) is 2.64. The van der Waals surface area contributed by atoms with Crippen molar-refractivity contribution in [2.75, 3.05) is 20.1 Å². The molecule has 1 unspecified atom stereocenters. The van der Waals surface area contributed by atoms with Crippen molar-refractivity contribution in [2.24, 2.45) is 0 Å². The van der Waals surface area contributed by atoms with E-state index in [2.05, 4.69) is 22.6 Å².